The number of ketones is 2. The molecule has 8 N–H and O–H groups in total. The number of ether oxygens (including phenoxy) is 12. The Bertz CT molecular complexity index is 3660. The fourth-order valence-electron chi connectivity index (χ4n) is 12.5. The summed E-state index contributed by atoms with van der Waals surface area (Å²) in [6.07, 6.45) is 5.00. The van der Waals surface area contributed by atoms with E-state index < -0.39 is 72.5 Å². The number of hydrogen-bond acceptors (Lipinski definition) is 33. The molecule has 0 bridgehead atoms. The zero-order valence-corrected chi connectivity index (χ0v) is 72.1. The first-order chi connectivity index (χ1) is 57.7. The van der Waals surface area contributed by atoms with Crippen LogP contribution in [0.4, 0.5) is 5.82 Å². The summed E-state index contributed by atoms with van der Waals surface area (Å²) in [4.78, 5) is 139. The number of aliphatic carboxylic acids is 1. The third-order valence-corrected chi connectivity index (χ3v) is 21.0. The number of morpholine rings is 1. The molecule has 2 saturated heterocycles. The van der Waals surface area contributed by atoms with E-state index in [-0.39, 0.29) is 170 Å². The molecule has 2 aliphatic heterocycles. The number of carboxylic acid groups (broad SMARTS) is 1. The van der Waals surface area contributed by atoms with E-state index in [1.165, 1.54) is 45.1 Å². The summed E-state index contributed by atoms with van der Waals surface area (Å²) in [7, 11) is 5.70. The van der Waals surface area contributed by atoms with Gasteiger partial charge in [0.2, 0.25) is 29.3 Å². The standard InChI is InChI=1S/C36H45N5O9.C28H46N2O9S.C12H22O7.C7H16O4/c1-5-25(20-42)49-29(46-4)21-48-28(44)10-6-9-27(43)38-30(22(2)3)32(45)23-11-13-24(14-12-23)34-39-31-26-8-7-15-37-36(26)50-33(31)35(40-34)41-16-18-47-19-17-41;1-4-21(17-31)39-27(37-3)18-38-26(35)8-6-7-24(33)29-13-14-40-23-15-25(34)30(28(23)36)16-19-9-11-20(12-10-19)22(32)5-2;1-3-9(7-13)19-12(17-2)8-18-11(16)6-4-5-10(14)15;1-3-6(4-8)11-7(5-9)10-2/h7-8,11-15,22,25,29-30,42H,5-6,9-10,16-21H2,1-4H3,(H,38,43);19-21,23,27,31H,4-18H2,1-3H3,(H,29,33);9,12-13H,3-8H2,1-2H3,(H,14,15);6-9H,3-5H2,1-2H3/t25?,29?,30-;;;/m0.../s1. The predicted molar refractivity (Wildman–Crippen MR) is 439 cm³/mol. The third kappa shape index (κ3) is 37.5. The van der Waals surface area contributed by atoms with Crippen molar-refractivity contribution < 1.29 is 140 Å². The van der Waals surface area contributed by atoms with Crippen LogP contribution in [-0.2, 0) is 100.0 Å². The lowest BCUT2D eigenvalue weighted by molar-refractivity contribution is -0.194. The van der Waals surface area contributed by atoms with Crippen LogP contribution in [0.2, 0.25) is 0 Å². The number of nitrogens with one attached hydrogen (secondary N) is 2. The number of likely N-dealkylation sites (tertiary alicyclic amines) is 1. The lowest BCUT2D eigenvalue weighted by Crippen LogP contribution is -2.44. The summed E-state index contributed by atoms with van der Waals surface area (Å²) >= 11 is 1.37. The van der Waals surface area contributed by atoms with Crippen LogP contribution in [0.1, 0.15) is 181 Å². The van der Waals surface area contributed by atoms with Crippen LogP contribution in [0, 0.1) is 17.8 Å². The molecule has 9 unspecified atom stereocenters. The van der Waals surface area contributed by atoms with Crippen molar-refractivity contribution in [3.05, 3.63) is 48.2 Å². The highest BCUT2D eigenvalue weighted by Gasteiger charge is 2.41. The van der Waals surface area contributed by atoms with Crippen molar-refractivity contribution in [2.75, 3.05) is 131 Å². The molecule has 3 aliphatic rings. The van der Waals surface area contributed by atoms with E-state index in [0.717, 1.165) is 36.6 Å². The first-order valence-corrected chi connectivity index (χ1v) is 42.3. The molecule has 120 heavy (non-hydrogen) atoms. The average molecular weight is 1720 g/mol. The van der Waals surface area contributed by atoms with Crippen LogP contribution >= 0.6 is 11.8 Å². The second-order valence-electron chi connectivity index (χ2n) is 28.9. The number of carbonyl (C=O) groups is 10. The van der Waals surface area contributed by atoms with Crippen molar-refractivity contribution in [1.82, 2.24) is 30.5 Å². The van der Waals surface area contributed by atoms with Crippen molar-refractivity contribution in [3.63, 3.8) is 0 Å². The fourth-order valence-corrected chi connectivity index (χ4v) is 13.5. The number of nitrogens with zero attached hydrogens (tertiary/aromatic N) is 5. The molecule has 1 aromatic carbocycles. The van der Waals surface area contributed by atoms with Gasteiger partial charge in [-0.25, -0.2) is 15.0 Å². The van der Waals surface area contributed by atoms with Crippen LogP contribution in [-0.4, -0.2) is 297 Å². The van der Waals surface area contributed by atoms with Gasteiger partial charge in [-0.3, -0.25) is 52.8 Å². The number of amides is 4. The van der Waals surface area contributed by atoms with Gasteiger partial charge in [-0.1, -0.05) is 72.7 Å². The molecular formula is C83H129N7O29S. The van der Waals surface area contributed by atoms with Crippen LogP contribution in [0.25, 0.3) is 33.6 Å². The molecule has 0 spiro atoms. The molecule has 36 nitrogen and oxygen atoms in total. The van der Waals surface area contributed by atoms with Gasteiger partial charge in [-0.2, -0.15) is 0 Å². The van der Waals surface area contributed by atoms with E-state index in [1.807, 2.05) is 60.6 Å². The van der Waals surface area contributed by atoms with Gasteiger partial charge in [0.15, 0.2) is 48.2 Å². The Morgan fingerprint density at radius 1 is 0.608 bits per heavy atom. The Hall–Kier alpha value is -7.86. The van der Waals surface area contributed by atoms with Gasteiger partial charge in [0.25, 0.3) is 0 Å². The Labute approximate surface area is 706 Å². The van der Waals surface area contributed by atoms with Crippen LogP contribution in [0.3, 0.4) is 0 Å². The Morgan fingerprint density at radius 2 is 1.10 bits per heavy atom. The molecule has 10 atom stereocenters. The number of anilines is 1. The molecule has 1 aliphatic carbocycles. The number of carbonyl (C=O) groups excluding carboxylic acids is 9. The SMILES string of the molecule is CCC(=O)C1CCC(CN2C(=O)CC(SCCNC(=O)CCCC(=O)OCC(OC)OC(CC)CO)C2=O)CC1.CCC(CO)OC(CO)OC.CCC(CO)OC(COC(=O)CCCC(=O)N[C@H](C(=O)c1ccc(-c2nc(N3CCOCC3)c3oc4ncccc4c3n2)cc1)C(C)C)OC.CCC(CO)OC(COC(=O)CCCC(=O)O)OC. The summed E-state index contributed by atoms with van der Waals surface area (Å²) in [5, 5.41) is 59.2. The van der Waals surface area contributed by atoms with Crippen molar-refractivity contribution >= 4 is 98.9 Å². The van der Waals surface area contributed by atoms with Gasteiger partial charge in [-0.05, 0) is 94.6 Å². The molecule has 4 aromatic rings. The van der Waals surface area contributed by atoms with Crippen molar-refractivity contribution in [2.24, 2.45) is 17.8 Å². The fraction of sp³-hybridized carbons (Fsp3) is 0.699. The largest absolute Gasteiger partial charge is 0.481 e. The lowest BCUT2D eigenvalue weighted by Gasteiger charge is -2.30. The van der Waals surface area contributed by atoms with Crippen molar-refractivity contribution in [3.8, 4) is 11.4 Å². The maximum atomic E-state index is 13.6. The quantitative estimate of drug-likeness (QED) is 0.00578. The number of thioether (sulfide) groups is 1. The molecule has 3 aromatic heterocycles. The minimum absolute atomic E-state index is 0.00898. The Morgan fingerprint density at radius 3 is 1.56 bits per heavy atom. The number of pyridine rings is 1. The van der Waals surface area contributed by atoms with Gasteiger partial charge < -0.3 is 107 Å². The first kappa shape index (κ1) is 104. The highest BCUT2D eigenvalue weighted by molar-refractivity contribution is 8.00. The molecule has 1 saturated carbocycles. The number of aliphatic hydroxyl groups is 5. The molecule has 3 fully saturated rings. The van der Waals surface area contributed by atoms with Gasteiger partial charge in [-0.15, -0.1) is 11.8 Å². The Balaban J connectivity index is 0.000000382. The highest BCUT2D eigenvalue weighted by atomic mass is 32.2. The number of methoxy groups -OCH3 is 4. The molecular weight excluding hydrogens is 1590 g/mol. The van der Waals surface area contributed by atoms with E-state index in [4.69, 9.17) is 91.7 Å². The molecule has 5 heterocycles. The summed E-state index contributed by atoms with van der Waals surface area (Å²) in [6, 6.07) is 10.0. The number of Topliss-reactive ketones (excluding diaryl/α,β-unsaturated/α-hetero) is 2. The number of furan rings is 1. The summed E-state index contributed by atoms with van der Waals surface area (Å²) in [5.74, 6) is -1.34. The molecule has 676 valence electrons. The number of aromatic nitrogens is 3. The minimum Gasteiger partial charge on any atom is -0.481 e. The maximum absolute atomic E-state index is 13.6. The van der Waals surface area contributed by atoms with E-state index >= 15 is 0 Å². The van der Waals surface area contributed by atoms with Crippen LogP contribution < -0.4 is 15.5 Å². The molecule has 4 amide bonds. The number of rotatable bonds is 53. The van der Waals surface area contributed by atoms with Crippen LogP contribution in [0.15, 0.2) is 47.0 Å². The van der Waals surface area contributed by atoms with Crippen molar-refractivity contribution in [1.29, 1.82) is 0 Å². The second-order valence-corrected chi connectivity index (χ2v) is 30.2. The molecule has 0 radical (unpaired) electrons. The number of aliphatic hydroxyl groups excluding tert-OH is 5. The summed E-state index contributed by atoms with van der Waals surface area (Å²) < 4.78 is 68.4. The van der Waals surface area contributed by atoms with E-state index in [9.17, 15) is 58.2 Å². The predicted octanol–water partition coefficient (Wildman–Crippen LogP) is 6.58. The number of benzene rings is 1. The summed E-state index contributed by atoms with van der Waals surface area (Å²) in [5.41, 5.74) is 2.86. The average Bonchev–Trinajstić information content (AvgIpc) is 1.60. The van der Waals surface area contributed by atoms with Gasteiger partial charge in [0, 0.05) is 135 Å². The Kier molecular flexibility index (Phi) is 51.4. The van der Waals surface area contributed by atoms with Crippen LogP contribution in [0.5, 0.6) is 0 Å². The minimum atomic E-state index is -0.945. The number of esters is 3. The first-order valence-electron chi connectivity index (χ1n) is 41.3. The monoisotopic (exact) mass is 1720 g/mol. The van der Waals surface area contributed by atoms with Gasteiger partial charge in [0.1, 0.15) is 31.1 Å². The second kappa shape index (κ2) is 59.0. The number of hydrogen-bond donors (Lipinski definition) is 8. The topological polar surface area (TPSA) is 485 Å². The number of fused-ring (bicyclic) bond motifs is 3. The van der Waals surface area contributed by atoms with Gasteiger partial charge in [0.05, 0.1) is 87.3 Å². The number of carboxylic acids is 1. The zero-order valence-electron chi connectivity index (χ0n) is 71.3. The van der Waals surface area contributed by atoms with Gasteiger partial charge >= 0.3 is 23.9 Å². The van der Waals surface area contributed by atoms with E-state index in [0.29, 0.717) is 123 Å². The van der Waals surface area contributed by atoms with E-state index in [1.54, 1.807) is 30.5 Å². The lowest BCUT2D eigenvalue weighted by atomic mass is 9.79. The highest BCUT2D eigenvalue weighted by Crippen LogP contribution is 2.36. The summed E-state index contributed by atoms with van der Waals surface area (Å²) in [6.45, 7) is 15.3. The van der Waals surface area contributed by atoms with Crippen molar-refractivity contribution in [2.45, 2.75) is 231 Å². The zero-order chi connectivity index (χ0) is 88.5. The molecule has 7 rings (SSSR count). The smallest absolute Gasteiger partial charge is 0.305 e. The van der Waals surface area contributed by atoms with E-state index in [2.05, 4.69) is 20.5 Å². The molecule has 37 heteroatoms. The normalized spacial score (nSPS) is 17.6. The number of imide groups is 1. The maximum Gasteiger partial charge on any atom is 0.305 e. The third-order valence-electron chi connectivity index (χ3n) is 19.8.